The van der Waals surface area contributed by atoms with E-state index >= 15 is 0 Å². The standard InChI is InChI=1S/C27H33Cl2N3O3/c1-18(20-15-21(28)17-22(29)16-20)30-24(33)27(10-9-19-7-5-6-8-23(19)27)32-13-11-31(12-14-32)25(34)35-26(2,3)4/h5-8,15-18H,9-14H2,1-4H3,(H,30,33)/t18?,27-/m0/s1. The van der Waals surface area contributed by atoms with Gasteiger partial charge < -0.3 is 15.0 Å². The summed E-state index contributed by atoms with van der Waals surface area (Å²) in [6.07, 6.45) is 1.20. The van der Waals surface area contributed by atoms with Gasteiger partial charge in [-0.15, -0.1) is 0 Å². The molecule has 0 aromatic heterocycles. The van der Waals surface area contributed by atoms with Gasteiger partial charge in [0, 0.05) is 36.2 Å². The average Bonchev–Trinajstić information content (AvgIpc) is 3.18. The maximum atomic E-state index is 14.1. The molecule has 1 saturated heterocycles. The lowest BCUT2D eigenvalue weighted by atomic mass is 9.87. The number of fused-ring (bicyclic) bond motifs is 1. The molecule has 4 rings (SSSR count). The van der Waals surface area contributed by atoms with Crippen LogP contribution in [-0.4, -0.2) is 53.6 Å². The summed E-state index contributed by atoms with van der Waals surface area (Å²) in [6.45, 7) is 9.71. The van der Waals surface area contributed by atoms with Crippen molar-refractivity contribution in [1.82, 2.24) is 15.1 Å². The zero-order chi connectivity index (χ0) is 25.4. The van der Waals surface area contributed by atoms with Crippen LogP contribution >= 0.6 is 23.2 Å². The molecule has 2 aromatic carbocycles. The van der Waals surface area contributed by atoms with Crippen molar-refractivity contribution in [2.24, 2.45) is 0 Å². The lowest BCUT2D eigenvalue weighted by Gasteiger charge is -2.45. The molecule has 2 aromatic rings. The highest BCUT2D eigenvalue weighted by Gasteiger charge is 2.51. The zero-order valence-corrected chi connectivity index (χ0v) is 22.2. The lowest BCUT2D eigenvalue weighted by Crippen LogP contribution is -2.61. The fourth-order valence-corrected chi connectivity index (χ4v) is 5.66. The summed E-state index contributed by atoms with van der Waals surface area (Å²) in [6, 6.07) is 13.2. The van der Waals surface area contributed by atoms with E-state index in [0.29, 0.717) is 42.6 Å². The summed E-state index contributed by atoms with van der Waals surface area (Å²) in [4.78, 5) is 30.6. The Hall–Kier alpha value is -2.28. The number of nitrogens with zero attached hydrogens (tertiary/aromatic N) is 2. The third kappa shape index (κ3) is 5.45. The molecule has 0 radical (unpaired) electrons. The molecular formula is C27H33Cl2N3O3. The van der Waals surface area contributed by atoms with Crippen LogP contribution in [0.3, 0.4) is 0 Å². The molecule has 8 heteroatoms. The van der Waals surface area contributed by atoms with E-state index in [0.717, 1.165) is 17.5 Å². The number of hydrogen-bond acceptors (Lipinski definition) is 4. The summed E-state index contributed by atoms with van der Waals surface area (Å²) in [7, 11) is 0. The number of halogens is 2. The highest BCUT2D eigenvalue weighted by molar-refractivity contribution is 6.34. The predicted octanol–water partition coefficient (Wildman–Crippen LogP) is 5.57. The second-order valence-corrected chi connectivity index (χ2v) is 11.2. The molecule has 6 nitrogen and oxygen atoms in total. The highest BCUT2D eigenvalue weighted by atomic mass is 35.5. The van der Waals surface area contributed by atoms with Gasteiger partial charge in [-0.25, -0.2) is 4.79 Å². The number of benzene rings is 2. The third-order valence-electron chi connectivity index (χ3n) is 6.80. The van der Waals surface area contributed by atoms with Crippen LogP contribution in [0.15, 0.2) is 42.5 Å². The van der Waals surface area contributed by atoms with Crippen LogP contribution in [0.5, 0.6) is 0 Å². The molecular weight excluding hydrogens is 485 g/mol. The van der Waals surface area contributed by atoms with Crippen LogP contribution in [0.2, 0.25) is 10.0 Å². The van der Waals surface area contributed by atoms with E-state index in [1.54, 1.807) is 11.0 Å². The average molecular weight is 518 g/mol. The number of rotatable bonds is 4. The Morgan fingerprint density at radius 3 is 2.29 bits per heavy atom. The number of nitrogens with one attached hydrogen (secondary N) is 1. The third-order valence-corrected chi connectivity index (χ3v) is 7.23. The van der Waals surface area contributed by atoms with Crippen molar-refractivity contribution in [3.8, 4) is 0 Å². The number of carbonyl (C=O) groups is 2. The van der Waals surface area contributed by atoms with Crippen molar-refractivity contribution in [2.45, 2.75) is 57.7 Å². The maximum Gasteiger partial charge on any atom is 0.410 e. The van der Waals surface area contributed by atoms with Gasteiger partial charge in [0.1, 0.15) is 11.1 Å². The largest absolute Gasteiger partial charge is 0.444 e. The molecule has 35 heavy (non-hydrogen) atoms. The Morgan fingerprint density at radius 2 is 1.66 bits per heavy atom. The topological polar surface area (TPSA) is 61.9 Å². The van der Waals surface area contributed by atoms with Crippen LogP contribution in [0.4, 0.5) is 4.79 Å². The molecule has 0 spiro atoms. The second kappa shape index (κ2) is 10.00. The fraction of sp³-hybridized carbons (Fsp3) is 0.481. The van der Waals surface area contributed by atoms with Crippen LogP contribution in [0, 0.1) is 0 Å². The lowest BCUT2D eigenvalue weighted by molar-refractivity contribution is -0.136. The molecule has 188 valence electrons. The number of piperazine rings is 1. The van der Waals surface area contributed by atoms with Crippen molar-refractivity contribution in [2.75, 3.05) is 26.2 Å². The second-order valence-electron chi connectivity index (χ2n) is 10.4. The monoisotopic (exact) mass is 517 g/mol. The Balaban J connectivity index is 1.57. The van der Waals surface area contributed by atoms with Gasteiger partial charge in [0.05, 0.1) is 6.04 Å². The van der Waals surface area contributed by atoms with Gasteiger partial charge >= 0.3 is 6.09 Å². The molecule has 2 atom stereocenters. The van der Waals surface area contributed by atoms with Crippen molar-refractivity contribution in [3.63, 3.8) is 0 Å². The fourth-order valence-electron chi connectivity index (χ4n) is 5.12. The Labute approximate surface area is 217 Å². The molecule has 1 unspecified atom stereocenters. The summed E-state index contributed by atoms with van der Waals surface area (Å²) in [5.74, 6) is -0.0447. The van der Waals surface area contributed by atoms with Crippen molar-refractivity contribution >= 4 is 35.2 Å². The molecule has 1 N–H and O–H groups in total. The smallest absolute Gasteiger partial charge is 0.410 e. The minimum absolute atomic E-state index is 0.0447. The first-order valence-corrected chi connectivity index (χ1v) is 12.8. The Bertz CT molecular complexity index is 1090. The summed E-state index contributed by atoms with van der Waals surface area (Å²) < 4.78 is 5.56. The van der Waals surface area contributed by atoms with Gasteiger partial charge in [0.25, 0.3) is 0 Å². The van der Waals surface area contributed by atoms with Gasteiger partial charge in [-0.1, -0.05) is 47.5 Å². The van der Waals surface area contributed by atoms with E-state index in [4.69, 9.17) is 27.9 Å². The van der Waals surface area contributed by atoms with E-state index in [2.05, 4.69) is 22.3 Å². The van der Waals surface area contributed by atoms with Gasteiger partial charge in [-0.05, 0) is 75.4 Å². The minimum Gasteiger partial charge on any atom is -0.444 e. The van der Waals surface area contributed by atoms with E-state index in [1.165, 1.54) is 5.56 Å². The Kier molecular flexibility index (Phi) is 7.37. The number of aryl methyl sites for hydroxylation is 1. The van der Waals surface area contributed by atoms with Gasteiger partial charge in [-0.2, -0.15) is 0 Å². The first-order chi connectivity index (χ1) is 16.5. The highest BCUT2D eigenvalue weighted by Crippen LogP contribution is 2.43. The van der Waals surface area contributed by atoms with Crippen LogP contribution in [0.1, 0.15) is 56.8 Å². The predicted molar refractivity (Wildman–Crippen MR) is 139 cm³/mol. The number of carbonyl (C=O) groups excluding carboxylic acids is 2. The number of ether oxygens (including phenoxy) is 1. The summed E-state index contributed by atoms with van der Waals surface area (Å²) in [5, 5.41) is 4.30. The quantitative estimate of drug-likeness (QED) is 0.576. The summed E-state index contributed by atoms with van der Waals surface area (Å²) in [5.41, 5.74) is 1.74. The number of hydrogen-bond donors (Lipinski definition) is 1. The van der Waals surface area contributed by atoms with E-state index in [1.807, 2.05) is 52.0 Å². The molecule has 0 saturated carbocycles. The molecule has 2 aliphatic rings. The van der Waals surface area contributed by atoms with Gasteiger partial charge in [0.2, 0.25) is 5.91 Å². The van der Waals surface area contributed by atoms with Gasteiger partial charge in [0.15, 0.2) is 0 Å². The van der Waals surface area contributed by atoms with Crippen molar-refractivity contribution < 1.29 is 14.3 Å². The van der Waals surface area contributed by atoms with E-state index in [-0.39, 0.29) is 18.0 Å². The minimum atomic E-state index is -0.798. The molecule has 1 aliphatic heterocycles. The SMILES string of the molecule is CC(NC(=O)[C@]1(N2CCN(C(=O)OC(C)(C)C)CC2)CCc2ccccc21)c1cc(Cl)cc(Cl)c1. The van der Waals surface area contributed by atoms with Crippen LogP contribution in [0.25, 0.3) is 0 Å². The summed E-state index contributed by atoms with van der Waals surface area (Å²) >= 11 is 12.4. The molecule has 0 bridgehead atoms. The molecule has 1 aliphatic carbocycles. The number of amides is 2. The first-order valence-electron chi connectivity index (χ1n) is 12.1. The van der Waals surface area contributed by atoms with Crippen LogP contribution in [-0.2, 0) is 21.5 Å². The normalized spacial score (nSPS) is 21.4. The molecule has 1 heterocycles. The van der Waals surface area contributed by atoms with Crippen molar-refractivity contribution in [3.05, 3.63) is 69.2 Å². The maximum absolute atomic E-state index is 14.1. The van der Waals surface area contributed by atoms with Crippen molar-refractivity contribution in [1.29, 1.82) is 0 Å². The molecule has 1 fully saturated rings. The Morgan fingerprint density at radius 1 is 1.03 bits per heavy atom. The first kappa shape index (κ1) is 25.8. The zero-order valence-electron chi connectivity index (χ0n) is 20.7. The van der Waals surface area contributed by atoms with E-state index < -0.39 is 11.1 Å². The van der Waals surface area contributed by atoms with Crippen LogP contribution < -0.4 is 5.32 Å². The molecule has 2 amide bonds. The van der Waals surface area contributed by atoms with E-state index in [9.17, 15) is 9.59 Å². The van der Waals surface area contributed by atoms with Gasteiger partial charge in [-0.3, -0.25) is 9.69 Å².